The average Bonchev–Trinajstić information content (AvgIpc) is 2.79. The van der Waals surface area contributed by atoms with Crippen LogP contribution in [0.4, 0.5) is 0 Å². The van der Waals surface area contributed by atoms with Crippen LogP contribution in [0.2, 0.25) is 0 Å². The van der Waals surface area contributed by atoms with Gasteiger partial charge in [0.15, 0.2) is 11.5 Å². The summed E-state index contributed by atoms with van der Waals surface area (Å²) in [6.07, 6.45) is 3.51. The molecule has 0 spiro atoms. The maximum Gasteiger partial charge on any atom is 0.262 e. The van der Waals surface area contributed by atoms with Crippen LogP contribution in [0.3, 0.4) is 0 Å². The number of aryl methyl sites for hydroxylation is 1. The first kappa shape index (κ1) is 27.4. The number of hydrogen-bond acceptors (Lipinski definition) is 5. The van der Waals surface area contributed by atoms with Gasteiger partial charge in [-0.2, -0.15) is 5.10 Å². The van der Waals surface area contributed by atoms with Gasteiger partial charge in [0.1, 0.15) is 6.04 Å². The summed E-state index contributed by atoms with van der Waals surface area (Å²) in [6.45, 7) is 10.8. The van der Waals surface area contributed by atoms with Crippen molar-refractivity contribution in [1.82, 2.24) is 10.7 Å². The van der Waals surface area contributed by atoms with Crippen LogP contribution in [0.15, 0.2) is 46.0 Å². The number of carbonyl (C=O) groups is 2. The Morgan fingerprint density at radius 2 is 1.82 bits per heavy atom. The van der Waals surface area contributed by atoms with E-state index in [0.29, 0.717) is 30.3 Å². The molecule has 7 nitrogen and oxygen atoms in total. The number of ether oxygens (including phenoxy) is 2. The van der Waals surface area contributed by atoms with E-state index in [9.17, 15) is 9.59 Å². The van der Waals surface area contributed by atoms with Gasteiger partial charge in [0, 0.05) is 5.56 Å². The van der Waals surface area contributed by atoms with Crippen LogP contribution in [-0.4, -0.2) is 37.3 Å². The topological polar surface area (TPSA) is 89.0 Å². The molecule has 2 N–H and O–H groups in total. The van der Waals surface area contributed by atoms with Gasteiger partial charge in [-0.3, -0.25) is 9.59 Å². The molecular weight excluding hydrogens is 498 g/mol. The molecule has 0 heterocycles. The molecule has 0 radical (unpaired) electrons. The second kappa shape index (κ2) is 13.7. The van der Waals surface area contributed by atoms with Gasteiger partial charge >= 0.3 is 0 Å². The lowest BCUT2D eigenvalue weighted by Gasteiger charge is -2.20. The molecule has 0 saturated carbocycles. The molecule has 1 atom stereocenters. The maximum absolute atomic E-state index is 12.7. The van der Waals surface area contributed by atoms with Gasteiger partial charge in [-0.15, -0.1) is 0 Å². The van der Waals surface area contributed by atoms with Crippen molar-refractivity contribution in [2.24, 2.45) is 11.0 Å². The van der Waals surface area contributed by atoms with Gasteiger partial charge in [-0.25, -0.2) is 5.43 Å². The number of amides is 2. The first-order valence-electron chi connectivity index (χ1n) is 11.6. The molecule has 0 aliphatic heterocycles. The lowest BCUT2D eigenvalue weighted by Crippen LogP contribution is -2.48. The maximum atomic E-state index is 12.7. The Morgan fingerprint density at radius 3 is 2.44 bits per heavy atom. The first-order chi connectivity index (χ1) is 16.3. The summed E-state index contributed by atoms with van der Waals surface area (Å²) in [7, 11) is 0. The van der Waals surface area contributed by atoms with Crippen LogP contribution in [0.1, 0.15) is 62.0 Å². The van der Waals surface area contributed by atoms with Crippen LogP contribution >= 0.6 is 15.9 Å². The number of hydrogen-bond donors (Lipinski definition) is 2. The Labute approximate surface area is 210 Å². The SMILES string of the molecule is CCCCOc1c(Br)cc(/C=N\NC(=O)C(NC(=O)c2ccc(C)cc2)C(C)C)cc1OCC. The van der Waals surface area contributed by atoms with Gasteiger partial charge < -0.3 is 14.8 Å². The van der Waals surface area contributed by atoms with E-state index in [1.165, 1.54) is 6.21 Å². The molecule has 0 bridgehead atoms. The summed E-state index contributed by atoms with van der Waals surface area (Å²) >= 11 is 3.54. The first-order valence-corrected chi connectivity index (χ1v) is 12.4. The predicted octanol–water partition coefficient (Wildman–Crippen LogP) is 5.24. The zero-order valence-corrected chi connectivity index (χ0v) is 22.1. The average molecular weight is 532 g/mol. The summed E-state index contributed by atoms with van der Waals surface area (Å²) in [6, 6.07) is 10.1. The van der Waals surface area contributed by atoms with E-state index < -0.39 is 11.9 Å². The van der Waals surface area contributed by atoms with E-state index >= 15 is 0 Å². The fraction of sp³-hybridized carbons (Fsp3) is 0.423. The Morgan fingerprint density at radius 1 is 1.12 bits per heavy atom. The van der Waals surface area contributed by atoms with Gasteiger partial charge in [0.2, 0.25) is 0 Å². The van der Waals surface area contributed by atoms with E-state index in [-0.39, 0.29) is 11.8 Å². The number of benzene rings is 2. The van der Waals surface area contributed by atoms with E-state index in [1.54, 1.807) is 12.1 Å². The number of halogens is 1. The molecule has 2 amide bonds. The van der Waals surface area contributed by atoms with Crippen LogP contribution in [-0.2, 0) is 4.79 Å². The molecule has 2 aromatic rings. The third-order valence-electron chi connectivity index (χ3n) is 5.01. The zero-order valence-electron chi connectivity index (χ0n) is 20.5. The van der Waals surface area contributed by atoms with Gasteiger partial charge in [0.25, 0.3) is 11.8 Å². The standard InChI is InChI=1S/C26H34BrN3O4/c1-6-8-13-34-24-21(27)14-19(15-22(24)33-7-2)16-28-30-26(32)23(17(3)4)29-25(31)20-11-9-18(5)10-12-20/h9-12,14-17,23H,6-8,13H2,1-5H3,(H,29,31)(H,30,32)/b28-16-. The van der Waals surface area contributed by atoms with Crippen molar-refractivity contribution < 1.29 is 19.1 Å². The fourth-order valence-corrected chi connectivity index (χ4v) is 3.66. The minimum absolute atomic E-state index is 0.122. The monoisotopic (exact) mass is 531 g/mol. The minimum atomic E-state index is -0.731. The van der Waals surface area contributed by atoms with Crippen molar-refractivity contribution in [2.45, 2.75) is 53.5 Å². The molecule has 2 rings (SSSR count). The third kappa shape index (κ3) is 8.17. The highest BCUT2D eigenvalue weighted by Gasteiger charge is 2.24. The predicted molar refractivity (Wildman–Crippen MR) is 139 cm³/mol. The lowest BCUT2D eigenvalue weighted by molar-refractivity contribution is -0.123. The van der Waals surface area contributed by atoms with Crippen LogP contribution in [0.5, 0.6) is 11.5 Å². The smallest absolute Gasteiger partial charge is 0.262 e. The van der Waals surface area contributed by atoms with Crippen LogP contribution in [0.25, 0.3) is 0 Å². The molecule has 0 aromatic heterocycles. The molecule has 0 aliphatic rings. The van der Waals surface area contributed by atoms with Crippen molar-refractivity contribution in [3.8, 4) is 11.5 Å². The number of rotatable bonds is 12. The molecule has 8 heteroatoms. The third-order valence-corrected chi connectivity index (χ3v) is 5.60. The van der Waals surface area contributed by atoms with Gasteiger partial charge in [-0.1, -0.05) is 44.9 Å². The second-order valence-electron chi connectivity index (χ2n) is 8.26. The van der Waals surface area contributed by atoms with Crippen LogP contribution < -0.4 is 20.2 Å². The Balaban J connectivity index is 2.08. The molecule has 0 fully saturated rings. The number of hydrazone groups is 1. The highest BCUT2D eigenvalue weighted by molar-refractivity contribution is 9.10. The van der Waals surface area contributed by atoms with Crippen molar-refractivity contribution >= 4 is 34.0 Å². The van der Waals surface area contributed by atoms with Crippen molar-refractivity contribution in [3.63, 3.8) is 0 Å². The Hall–Kier alpha value is -2.87. The normalized spacial score (nSPS) is 12.0. The van der Waals surface area contributed by atoms with Crippen molar-refractivity contribution in [1.29, 1.82) is 0 Å². The molecule has 0 aliphatic carbocycles. The molecular formula is C26H34BrN3O4. The fourth-order valence-electron chi connectivity index (χ4n) is 3.09. The Kier molecular flexibility index (Phi) is 11.1. The summed E-state index contributed by atoms with van der Waals surface area (Å²) < 4.78 is 12.3. The largest absolute Gasteiger partial charge is 0.490 e. The number of unbranched alkanes of at least 4 members (excludes halogenated alkanes) is 1. The molecule has 34 heavy (non-hydrogen) atoms. The summed E-state index contributed by atoms with van der Waals surface area (Å²) in [5.41, 5.74) is 4.82. The Bertz CT molecular complexity index is 990. The summed E-state index contributed by atoms with van der Waals surface area (Å²) in [5.74, 6) is 0.432. The molecule has 2 aromatic carbocycles. The van der Waals surface area contributed by atoms with E-state index in [4.69, 9.17) is 9.47 Å². The quantitative estimate of drug-likeness (QED) is 0.222. The van der Waals surface area contributed by atoms with E-state index in [0.717, 1.165) is 28.4 Å². The lowest BCUT2D eigenvalue weighted by atomic mass is 10.0. The van der Waals surface area contributed by atoms with E-state index in [1.807, 2.05) is 52.0 Å². The molecule has 0 saturated heterocycles. The van der Waals surface area contributed by atoms with Gasteiger partial charge in [-0.05, 0) is 71.9 Å². The van der Waals surface area contributed by atoms with Crippen molar-refractivity contribution in [3.05, 3.63) is 57.6 Å². The summed E-state index contributed by atoms with van der Waals surface area (Å²) in [4.78, 5) is 25.3. The van der Waals surface area contributed by atoms with Crippen molar-refractivity contribution in [2.75, 3.05) is 13.2 Å². The second-order valence-corrected chi connectivity index (χ2v) is 9.11. The number of nitrogens with one attached hydrogen (secondary N) is 2. The van der Waals surface area contributed by atoms with E-state index in [2.05, 4.69) is 38.7 Å². The highest BCUT2D eigenvalue weighted by Crippen LogP contribution is 2.36. The van der Waals surface area contributed by atoms with Gasteiger partial charge in [0.05, 0.1) is 23.9 Å². The highest BCUT2D eigenvalue weighted by atomic mass is 79.9. The van der Waals surface area contributed by atoms with Crippen LogP contribution in [0, 0.1) is 12.8 Å². The summed E-state index contributed by atoms with van der Waals surface area (Å²) in [5, 5.41) is 6.89. The number of carbonyl (C=O) groups excluding carboxylic acids is 2. The zero-order chi connectivity index (χ0) is 25.1. The molecule has 184 valence electrons. The minimum Gasteiger partial charge on any atom is -0.490 e. The molecule has 1 unspecified atom stereocenters. The number of nitrogens with zero attached hydrogens (tertiary/aromatic N) is 1.